The first-order valence-corrected chi connectivity index (χ1v) is 12.6. The molecule has 0 aliphatic carbocycles. The molecule has 0 bridgehead atoms. The lowest BCUT2D eigenvalue weighted by Gasteiger charge is -2.20. The highest BCUT2D eigenvalue weighted by atomic mass is 32.2. The summed E-state index contributed by atoms with van der Waals surface area (Å²) in [6, 6.07) is 13.1. The molecule has 4 rings (SSSR count). The van der Waals surface area contributed by atoms with E-state index in [0.29, 0.717) is 30.0 Å². The van der Waals surface area contributed by atoms with Crippen LogP contribution in [0.25, 0.3) is 11.3 Å². The van der Waals surface area contributed by atoms with Gasteiger partial charge >= 0.3 is 0 Å². The third-order valence-electron chi connectivity index (χ3n) is 5.88. The smallest absolute Gasteiger partial charge is 0.273 e. The van der Waals surface area contributed by atoms with Crippen LogP contribution in [-0.2, 0) is 16.4 Å². The van der Waals surface area contributed by atoms with E-state index in [0.717, 1.165) is 37.7 Å². The maximum Gasteiger partial charge on any atom is 0.273 e. The minimum Gasteiger partial charge on any atom is -0.507 e. The van der Waals surface area contributed by atoms with Crippen molar-refractivity contribution in [2.75, 3.05) is 18.4 Å². The van der Waals surface area contributed by atoms with Crippen LogP contribution in [0.5, 0.6) is 5.75 Å². The molecule has 3 aromatic rings. The molecule has 2 heterocycles. The van der Waals surface area contributed by atoms with Gasteiger partial charge in [0.15, 0.2) is 0 Å². The van der Waals surface area contributed by atoms with Gasteiger partial charge in [-0.05, 0) is 67.3 Å². The number of nitrogens with one attached hydrogen (secondary N) is 2. The first-order chi connectivity index (χ1) is 15.9. The van der Waals surface area contributed by atoms with E-state index in [-0.39, 0.29) is 16.3 Å². The van der Waals surface area contributed by atoms with Crippen LogP contribution in [0, 0.1) is 0 Å². The highest BCUT2D eigenvalue weighted by Gasteiger charge is 2.25. The number of phenols is 1. The molecule has 174 valence electrons. The first-order valence-electron chi connectivity index (χ1n) is 11.2. The van der Waals surface area contributed by atoms with Gasteiger partial charge in [0.05, 0.1) is 10.6 Å². The average Bonchev–Trinajstić information content (AvgIpc) is 3.14. The summed E-state index contributed by atoms with van der Waals surface area (Å²) < 4.78 is 27.4. The molecule has 0 unspecified atom stereocenters. The molecule has 1 amide bonds. The van der Waals surface area contributed by atoms with Crippen molar-refractivity contribution in [2.24, 2.45) is 0 Å². The van der Waals surface area contributed by atoms with E-state index in [1.165, 1.54) is 12.1 Å². The Hall–Kier alpha value is -3.17. The number of carbonyl (C=O) groups excluding carboxylic acids is 1. The van der Waals surface area contributed by atoms with Crippen molar-refractivity contribution in [1.29, 1.82) is 0 Å². The second-order valence-electron chi connectivity index (χ2n) is 8.17. The topological polar surface area (TPSA) is 115 Å². The van der Waals surface area contributed by atoms with Crippen molar-refractivity contribution in [3.8, 4) is 17.0 Å². The quantitative estimate of drug-likeness (QED) is 0.502. The van der Waals surface area contributed by atoms with Crippen LogP contribution in [-0.4, -0.2) is 47.0 Å². The number of H-pyrrole nitrogens is 1. The van der Waals surface area contributed by atoms with Gasteiger partial charge in [0.1, 0.15) is 11.4 Å². The molecular weight excluding hydrogens is 440 g/mol. The molecule has 1 fully saturated rings. The average molecular weight is 469 g/mol. The highest BCUT2D eigenvalue weighted by molar-refractivity contribution is 7.89. The van der Waals surface area contributed by atoms with Crippen molar-refractivity contribution in [3.05, 3.63) is 59.8 Å². The van der Waals surface area contributed by atoms with Crippen molar-refractivity contribution in [2.45, 2.75) is 43.9 Å². The number of aromatic hydroxyl groups is 1. The minimum atomic E-state index is -3.54. The molecule has 1 aliphatic heterocycles. The van der Waals surface area contributed by atoms with Crippen LogP contribution in [0.4, 0.5) is 5.69 Å². The largest absolute Gasteiger partial charge is 0.507 e. The predicted octanol–water partition coefficient (Wildman–Crippen LogP) is 4.16. The Labute approximate surface area is 193 Å². The molecule has 1 saturated heterocycles. The Balaban J connectivity index is 1.46. The molecule has 0 atom stereocenters. The molecule has 8 nitrogen and oxygen atoms in total. The van der Waals surface area contributed by atoms with Gasteiger partial charge in [-0.15, -0.1) is 0 Å². The summed E-state index contributed by atoms with van der Waals surface area (Å²) in [7, 11) is -3.54. The van der Waals surface area contributed by atoms with Crippen LogP contribution in [0.1, 0.15) is 48.7 Å². The molecule has 3 N–H and O–H groups in total. The monoisotopic (exact) mass is 468 g/mol. The molecule has 0 saturated carbocycles. The fraction of sp³-hybridized carbons (Fsp3) is 0.333. The lowest BCUT2D eigenvalue weighted by Crippen LogP contribution is -2.31. The number of amides is 1. The maximum atomic E-state index is 12.9. The number of hydrogen-bond acceptors (Lipinski definition) is 5. The summed E-state index contributed by atoms with van der Waals surface area (Å²) in [5.74, 6) is -0.324. The van der Waals surface area contributed by atoms with Gasteiger partial charge in [-0.1, -0.05) is 25.8 Å². The number of carbonyl (C=O) groups is 1. The van der Waals surface area contributed by atoms with E-state index >= 15 is 0 Å². The number of hydrogen-bond donors (Lipinski definition) is 3. The molecular formula is C24H28N4O4S. The van der Waals surface area contributed by atoms with E-state index in [1.807, 2.05) is 19.1 Å². The van der Waals surface area contributed by atoms with Gasteiger partial charge in [0, 0.05) is 24.3 Å². The molecule has 2 aromatic carbocycles. The van der Waals surface area contributed by atoms with Gasteiger partial charge < -0.3 is 10.4 Å². The van der Waals surface area contributed by atoms with Gasteiger partial charge in [-0.25, -0.2) is 8.42 Å². The molecule has 0 spiro atoms. The zero-order valence-electron chi connectivity index (χ0n) is 18.5. The van der Waals surface area contributed by atoms with Gasteiger partial charge in [-0.3, -0.25) is 9.89 Å². The highest BCUT2D eigenvalue weighted by Crippen LogP contribution is 2.29. The number of aromatic nitrogens is 2. The Kier molecular flexibility index (Phi) is 6.80. The summed E-state index contributed by atoms with van der Waals surface area (Å²) in [5, 5.41) is 19.8. The summed E-state index contributed by atoms with van der Waals surface area (Å²) >= 11 is 0. The fourth-order valence-electron chi connectivity index (χ4n) is 3.92. The minimum absolute atomic E-state index is 0.0897. The van der Waals surface area contributed by atoms with E-state index in [2.05, 4.69) is 15.5 Å². The van der Waals surface area contributed by atoms with Gasteiger partial charge in [-0.2, -0.15) is 9.40 Å². The van der Waals surface area contributed by atoms with Gasteiger partial charge in [0.2, 0.25) is 10.0 Å². The Morgan fingerprint density at radius 3 is 2.42 bits per heavy atom. The van der Waals surface area contributed by atoms with Crippen LogP contribution < -0.4 is 5.32 Å². The number of aryl methyl sites for hydroxylation is 1. The van der Waals surface area contributed by atoms with Crippen molar-refractivity contribution >= 4 is 21.6 Å². The number of benzene rings is 2. The molecule has 1 aromatic heterocycles. The summed E-state index contributed by atoms with van der Waals surface area (Å²) in [5.41, 5.74) is 2.76. The van der Waals surface area contributed by atoms with E-state index in [4.69, 9.17) is 0 Å². The molecule has 1 aliphatic rings. The second kappa shape index (κ2) is 9.76. The normalized spacial score (nSPS) is 15.2. The predicted molar refractivity (Wildman–Crippen MR) is 127 cm³/mol. The second-order valence-corrected chi connectivity index (χ2v) is 10.1. The number of anilines is 1. The molecule has 0 radical (unpaired) electrons. The van der Waals surface area contributed by atoms with Gasteiger partial charge in [0.25, 0.3) is 5.91 Å². The Bertz CT molecular complexity index is 1230. The van der Waals surface area contributed by atoms with E-state index in [9.17, 15) is 18.3 Å². The van der Waals surface area contributed by atoms with Crippen molar-refractivity contribution < 1.29 is 18.3 Å². The summed E-state index contributed by atoms with van der Waals surface area (Å²) in [6.07, 6.45) is 4.67. The standard InChI is InChI=1S/C24H28N4O4S/c1-2-17-7-12-23(29)20(15-17)21-16-22(27-26-21)24(30)25-18-8-10-19(11-9-18)33(31,32)28-13-5-3-4-6-14-28/h7-12,15-16,29H,2-6,13-14H2,1H3,(H,25,30)(H,26,27). The number of rotatable bonds is 6. The third-order valence-corrected chi connectivity index (χ3v) is 7.80. The summed E-state index contributed by atoms with van der Waals surface area (Å²) in [4.78, 5) is 12.9. The zero-order valence-corrected chi connectivity index (χ0v) is 19.4. The van der Waals surface area contributed by atoms with E-state index < -0.39 is 15.9 Å². The Morgan fingerprint density at radius 2 is 1.76 bits per heavy atom. The van der Waals surface area contributed by atoms with Crippen LogP contribution in [0.3, 0.4) is 0 Å². The van der Waals surface area contributed by atoms with Crippen molar-refractivity contribution in [1.82, 2.24) is 14.5 Å². The third kappa shape index (κ3) is 5.09. The fourth-order valence-corrected chi connectivity index (χ4v) is 5.44. The summed E-state index contributed by atoms with van der Waals surface area (Å²) in [6.45, 7) is 3.10. The first kappa shape index (κ1) is 23.0. The zero-order chi connectivity index (χ0) is 23.4. The molecule has 33 heavy (non-hydrogen) atoms. The SMILES string of the molecule is CCc1ccc(O)c(-c2cc(C(=O)Nc3ccc(S(=O)(=O)N4CCCCCC4)cc3)[nH]n2)c1. The van der Waals surface area contributed by atoms with Crippen LogP contribution >= 0.6 is 0 Å². The number of aromatic amines is 1. The Morgan fingerprint density at radius 1 is 1.06 bits per heavy atom. The number of nitrogens with zero attached hydrogens (tertiary/aromatic N) is 2. The van der Waals surface area contributed by atoms with Crippen molar-refractivity contribution in [3.63, 3.8) is 0 Å². The maximum absolute atomic E-state index is 12.9. The lowest BCUT2D eigenvalue weighted by atomic mass is 10.1. The van der Waals surface area contributed by atoms with E-state index in [1.54, 1.807) is 28.6 Å². The van der Waals surface area contributed by atoms with Crippen LogP contribution in [0.15, 0.2) is 53.4 Å². The molecule has 9 heteroatoms. The lowest BCUT2D eigenvalue weighted by molar-refractivity contribution is 0.102. The number of phenolic OH excluding ortho intramolecular Hbond substituents is 1. The van der Waals surface area contributed by atoms with Crippen LogP contribution in [0.2, 0.25) is 0 Å². The number of sulfonamides is 1.